The predicted molar refractivity (Wildman–Crippen MR) is 77.4 cm³/mol. The van der Waals surface area contributed by atoms with E-state index in [1.165, 1.54) is 0 Å². The summed E-state index contributed by atoms with van der Waals surface area (Å²) in [4.78, 5) is 0. The van der Waals surface area contributed by atoms with Crippen LogP contribution in [0.4, 0.5) is 0 Å². The molecule has 0 aliphatic heterocycles. The molecule has 2 nitrogen and oxygen atoms in total. The van der Waals surface area contributed by atoms with Gasteiger partial charge in [-0.1, -0.05) is 32.4 Å². The van der Waals surface area contributed by atoms with Crippen LogP contribution in [0, 0.1) is 0 Å². The van der Waals surface area contributed by atoms with Crippen molar-refractivity contribution in [3.8, 4) is 0 Å². The van der Waals surface area contributed by atoms with Gasteiger partial charge in [0.25, 0.3) is 0 Å². The van der Waals surface area contributed by atoms with Gasteiger partial charge < -0.3 is 9.73 Å². The molecule has 0 amide bonds. The molecule has 2 rings (SSSR count). The number of hydrogen-bond acceptors (Lipinski definition) is 2. The summed E-state index contributed by atoms with van der Waals surface area (Å²) in [6.45, 7) is 8.67. The third-order valence-corrected chi connectivity index (χ3v) is 3.53. The molecule has 0 bridgehead atoms. The molecule has 0 aliphatic rings. The molecule has 18 heavy (non-hydrogen) atoms. The van der Waals surface area contributed by atoms with E-state index >= 15 is 0 Å². The van der Waals surface area contributed by atoms with E-state index in [1.807, 2.05) is 18.2 Å². The second kappa shape index (κ2) is 5.33. The lowest BCUT2D eigenvalue weighted by atomic mass is 10.00. The molecule has 0 fully saturated rings. The Kier molecular flexibility index (Phi) is 3.98. The topological polar surface area (TPSA) is 25.2 Å². The molecular formula is C15H20ClNO. The molecule has 0 saturated heterocycles. The summed E-state index contributed by atoms with van der Waals surface area (Å²) in [5.74, 6) is 1.34. The van der Waals surface area contributed by atoms with Crippen LogP contribution in [0.2, 0.25) is 5.02 Å². The zero-order valence-electron chi connectivity index (χ0n) is 11.3. The number of halogens is 1. The van der Waals surface area contributed by atoms with E-state index in [2.05, 4.69) is 39.1 Å². The molecule has 2 aromatic rings. The minimum atomic E-state index is 0.332. The molecule has 2 atom stereocenters. The Morgan fingerprint density at radius 1 is 1.11 bits per heavy atom. The van der Waals surface area contributed by atoms with E-state index < -0.39 is 0 Å². The summed E-state index contributed by atoms with van der Waals surface area (Å²) in [6.07, 6.45) is 0. The number of rotatable bonds is 4. The van der Waals surface area contributed by atoms with Crippen molar-refractivity contribution in [2.24, 2.45) is 0 Å². The maximum absolute atomic E-state index is 5.98. The predicted octanol–water partition coefficient (Wildman–Crippen LogP) is 4.58. The minimum Gasteiger partial charge on any atom is -0.461 e. The molecule has 1 aromatic heterocycles. The van der Waals surface area contributed by atoms with Gasteiger partial charge >= 0.3 is 0 Å². The van der Waals surface area contributed by atoms with Crippen LogP contribution in [0.1, 0.15) is 39.4 Å². The monoisotopic (exact) mass is 265 g/mol. The van der Waals surface area contributed by atoms with Crippen LogP contribution in [-0.2, 0) is 0 Å². The van der Waals surface area contributed by atoms with Crippen molar-refractivity contribution >= 4 is 22.6 Å². The summed E-state index contributed by atoms with van der Waals surface area (Å²) in [5.41, 5.74) is 0.901. The summed E-state index contributed by atoms with van der Waals surface area (Å²) < 4.78 is 5.89. The summed E-state index contributed by atoms with van der Waals surface area (Å²) in [6, 6.07) is 8.66. The zero-order valence-corrected chi connectivity index (χ0v) is 12.1. The van der Waals surface area contributed by atoms with Crippen molar-refractivity contribution in [2.45, 2.75) is 45.7 Å². The third kappa shape index (κ3) is 2.88. The Labute approximate surface area is 113 Å². The first-order valence-corrected chi connectivity index (χ1v) is 6.80. The highest BCUT2D eigenvalue weighted by Gasteiger charge is 2.18. The van der Waals surface area contributed by atoms with Crippen LogP contribution in [0.3, 0.4) is 0 Å². The Morgan fingerprint density at radius 2 is 1.83 bits per heavy atom. The fourth-order valence-electron chi connectivity index (χ4n) is 2.18. The molecule has 1 heterocycles. The van der Waals surface area contributed by atoms with Gasteiger partial charge in [0.05, 0.1) is 0 Å². The van der Waals surface area contributed by atoms with Crippen molar-refractivity contribution in [2.75, 3.05) is 0 Å². The van der Waals surface area contributed by atoms with E-state index in [9.17, 15) is 0 Å². The highest BCUT2D eigenvalue weighted by molar-refractivity contribution is 6.31. The molecular weight excluding hydrogens is 246 g/mol. The molecule has 2 unspecified atom stereocenters. The van der Waals surface area contributed by atoms with Gasteiger partial charge in [-0.2, -0.15) is 0 Å². The quantitative estimate of drug-likeness (QED) is 0.876. The van der Waals surface area contributed by atoms with Crippen LogP contribution >= 0.6 is 11.6 Å². The fourth-order valence-corrected chi connectivity index (χ4v) is 2.36. The number of hydrogen-bond donors (Lipinski definition) is 1. The highest BCUT2D eigenvalue weighted by atomic mass is 35.5. The molecule has 1 N–H and O–H groups in total. The summed E-state index contributed by atoms with van der Waals surface area (Å²) in [5, 5.41) is 5.33. The van der Waals surface area contributed by atoms with E-state index in [1.54, 1.807) is 0 Å². The molecule has 0 aliphatic carbocycles. The molecule has 3 heteroatoms. The first-order valence-electron chi connectivity index (χ1n) is 6.42. The molecule has 0 spiro atoms. The van der Waals surface area contributed by atoms with Gasteiger partial charge in [0.2, 0.25) is 0 Å². The van der Waals surface area contributed by atoms with Gasteiger partial charge in [0, 0.05) is 28.4 Å². The first-order chi connectivity index (χ1) is 8.47. The second-order valence-electron chi connectivity index (χ2n) is 5.23. The highest BCUT2D eigenvalue weighted by Crippen LogP contribution is 2.28. The maximum Gasteiger partial charge on any atom is 0.134 e. The van der Waals surface area contributed by atoms with Crippen LogP contribution < -0.4 is 5.32 Å². The zero-order chi connectivity index (χ0) is 13.3. The van der Waals surface area contributed by atoms with Gasteiger partial charge in [-0.15, -0.1) is 0 Å². The van der Waals surface area contributed by atoms with Crippen molar-refractivity contribution in [1.29, 1.82) is 0 Å². The lowest BCUT2D eigenvalue weighted by molar-refractivity contribution is 0.393. The van der Waals surface area contributed by atoms with E-state index in [0.29, 0.717) is 18.0 Å². The largest absolute Gasteiger partial charge is 0.461 e. The van der Waals surface area contributed by atoms with Crippen molar-refractivity contribution < 1.29 is 4.42 Å². The smallest absolute Gasteiger partial charge is 0.134 e. The van der Waals surface area contributed by atoms with Gasteiger partial charge in [0.1, 0.15) is 11.3 Å². The molecule has 0 saturated carbocycles. The number of nitrogens with one attached hydrogen (secondary N) is 1. The SMILES string of the molecule is CC(C)NC(C)C(C)c1cc2cc(Cl)ccc2o1. The summed E-state index contributed by atoms with van der Waals surface area (Å²) >= 11 is 5.98. The van der Waals surface area contributed by atoms with Crippen molar-refractivity contribution in [1.82, 2.24) is 5.32 Å². The van der Waals surface area contributed by atoms with Gasteiger partial charge in [0.15, 0.2) is 0 Å². The molecule has 98 valence electrons. The Bertz CT molecular complexity index is 532. The van der Waals surface area contributed by atoms with Crippen LogP contribution in [0.15, 0.2) is 28.7 Å². The van der Waals surface area contributed by atoms with Crippen LogP contribution in [0.5, 0.6) is 0 Å². The summed E-state index contributed by atoms with van der Waals surface area (Å²) in [7, 11) is 0. The third-order valence-electron chi connectivity index (χ3n) is 3.29. The normalized spacial score (nSPS) is 15.2. The number of fused-ring (bicyclic) bond motifs is 1. The van der Waals surface area contributed by atoms with Crippen molar-refractivity contribution in [3.05, 3.63) is 35.0 Å². The number of furan rings is 1. The Balaban J connectivity index is 2.25. The van der Waals surface area contributed by atoms with Gasteiger partial charge in [-0.05, 0) is 31.2 Å². The Hall–Kier alpha value is -0.990. The lowest BCUT2D eigenvalue weighted by Crippen LogP contribution is -2.35. The standard InChI is InChI=1S/C15H20ClNO/c1-9(2)17-11(4)10(3)15-8-12-7-13(16)5-6-14(12)18-15/h5-11,17H,1-4H3. The Morgan fingerprint density at radius 3 is 2.50 bits per heavy atom. The second-order valence-corrected chi connectivity index (χ2v) is 5.67. The molecule has 1 aromatic carbocycles. The van der Waals surface area contributed by atoms with Crippen molar-refractivity contribution in [3.63, 3.8) is 0 Å². The minimum absolute atomic E-state index is 0.332. The van der Waals surface area contributed by atoms with E-state index in [0.717, 1.165) is 21.8 Å². The van der Waals surface area contributed by atoms with Gasteiger partial charge in [-0.25, -0.2) is 0 Å². The van der Waals surface area contributed by atoms with Gasteiger partial charge in [-0.3, -0.25) is 0 Å². The van der Waals surface area contributed by atoms with Crippen LogP contribution in [-0.4, -0.2) is 12.1 Å². The first kappa shape index (κ1) is 13.4. The maximum atomic E-state index is 5.98. The fraction of sp³-hybridized carbons (Fsp3) is 0.467. The average molecular weight is 266 g/mol. The average Bonchev–Trinajstić information content (AvgIpc) is 2.69. The number of benzene rings is 1. The van der Waals surface area contributed by atoms with E-state index in [4.69, 9.17) is 16.0 Å². The molecule has 0 radical (unpaired) electrons. The lowest BCUT2D eigenvalue weighted by Gasteiger charge is -2.21. The van der Waals surface area contributed by atoms with E-state index in [-0.39, 0.29) is 0 Å². The van der Waals surface area contributed by atoms with Crippen LogP contribution in [0.25, 0.3) is 11.0 Å².